The van der Waals surface area contributed by atoms with Gasteiger partial charge < -0.3 is 19.9 Å². The van der Waals surface area contributed by atoms with Gasteiger partial charge in [0.25, 0.3) is 0 Å². The molecule has 3 aliphatic heterocycles. The van der Waals surface area contributed by atoms with E-state index in [0.717, 1.165) is 58.8 Å². The number of piperazine rings is 1. The SMILES string of the molecule is O=C1N(CC2CCOCC2)CC2CNCCN12. The fraction of sp³-hybridized carbons (Fsp3) is 0.917. The fourth-order valence-corrected chi connectivity index (χ4v) is 3.08. The van der Waals surface area contributed by atoms with Gasteiger partial charge in [0.15, 0.2) is 0 Å². The number of carbonyl (C=O) groups is 1. The number of nitrogens with one attached hydrogen (secondary N) is 1. The number of amides is 2. The molecule has 0 aliphatic carbocycles. The minimum Gasteiger partial charge on any atom is -0.381 e. The van der Waals surface area contributed by atoms with E-state index >= 15 is 0 Å². The first kappa shape index (κ1) is 11.3. The average Bonchev–Trinajstić information content (AvgIpc) is 2.68. The highest BCUT2D eigenvalue weighted by atomic mass is 16.5. The van der Waals surface area contributed by atoms with Crippen molar-refractivity contribution < 1.29 is 9.53 Å². The molecule has 96 valence electrons. The van der Waals surface area contributed by atoms with E-state index in [2.05, 4.69) is 5.32 Å². The lowest BCUT2D eigenvalue weighted by molar-refractivity contribution is 0.0579. The Morgan fingerprint density at radius 3 is 2.94 bits per heavy atom. The highest BCUT2D eigenvalue weighted by Gasteiger charge is 2.39. The summed E-state index contributed by atoms with van der Waals surface area (Å²) in [5, 5.41) is 3.36. The molecule has 1 N–H and O–H groups in total. The molecule has 0 radical (unpaired) electrons. The Labute approximate surface area is 102 Å². The summed E-state index contributed by atoms with van der Waals surface area (Å²) in [4.78, 5) is 16.3. The Hall–Kier alpha value is -0.810. The van der Waals surface area contributed by atoms with Crippen LogP contribution in [0.1, 0.15) is 12.8 Å². The van der Waals surface area contributed by atoms with Crippen LogP contribution < -0.4 is 5.32 Å². The zero-order valence-corrected chi connectivity index (χ0v) is 10.2. The van der Waals surface area contributed by atoms with Gasteiger partial charge in [0.05, 0.1) is 6.04 Å². The predicted molar refractivity (Wildman–Crippen MR) is 63.9 cm³/mol. The van der Waals surface area contributed by atoms with E-state index in [-0.39, 0.29) is 6.03 Å². The molecule has 3 aliphatic rings. The van der Waals surface area contributed by atoms with Crippen LogP contribution in [0, 0.1) is 5.92 Å². The van der Waals surface area contributed by atoms with Crippen molar-refractivity contribution in [3.63, 3.8) is 0 Å². The minimum absolute atomic E-state index is 0.253. The molecule has 17 heavy (non-hydrogen) atoms. The Morgan fingerprint density at radius 2 is 2.18 bits per heavy atom. The van der Waals surface area contributed by atoms with Crippen LogP contribution in [0.3, 0.4) is 0 Å². The molecule has 0 bridgehead atoms. The second kappa shape index (κ2) is 4.82. The molecule has 0 aromatic heterocycles. The van der Waals surface area contributed by atoms with Crippen LogP contribution in [0.25, 0.3) is 0 Å². The lowest BCUT2D eigenvalue weighted by Crippen LogP contribution is -2.49. The van der Waals surface area contributed by atoms with E-state index in [1.54, 1.807) is 0 Å². The average molecular weight is 239 g/mol. The van der Waals surface area contributed by atoms with Crippen molar-refractivity contribution in [3.8, 4) is 0 Å². The molecule has 3 heterocycles. The van der Waals surface area contributed by atoms with Crippen LogP contribution in [0.2, 0.25) is 0 Å². The van der Waals surface area contributed by atoms with Gasteiger partial charge in [0, 0.05) is 45.9 Å². The first-order valence-electron chi connectivity index (χ1n) is 6.68. The molecule has 5 nitrogen and oxygen atoms in total. The summed E-state index contributed by atoms with van der Waals surface area (Å²) >= 11 is 0. The van der Waals surface area contributed by atoms with E-state index in [1.807, 2.05) is 9.80 Å². The van der Waals surface area contributed by atoms with Gasteiger partial charge in [-0.2, -0.15) is 0 Å². The largest absolute Gasteiger partial charge is 0.381 e. The van der Waals surface area contributed by atoms with Crippen molar-refractivity contribution in [1.82, 2.24) is 15.1 Å². The summed E-state index contributed by atoms with van der Waals surface area (Å²) in [7, 11) is 0. The van der Waals surface area contributed by atoms with Gasteiger partial charge in [-0.05, 0) is 18.8 Å². The standard InChI is InChI=1S/C12H21N3O2/c16-12-14(8-10-1-5-17-6-2-10)9-11-7-13-3-4-15(11)12/h10-11,13H,1-9H2. The molecule has 0 saturated carbocycles. The number of rotatable bonds is 2. The van der Waals surface area contributed by atoms with Gasteiger partial charge in [-0.25, -0.2) is 4.79 Å². The number of fused-ring (bicyclic) bond motifs is 1. The van der Waals surface area contributed by atoms with Gasteiger partial charge in [-0.15, -0.1) is 0 Å². The molecular weight excluding hydrogens is 218 g/mol. The molecule has 1 atom stereocenters. The van der Waals surface area contributed by atoms with E-state index < -0.39 is 0 Å². The van der Waals surface area contributed by atoms with Crippen molar-refractivity contribution in [2.75, 3.05) is 45.9 Å². The third kappa shape index (κ3) is 2.26. The summed E-state index contributed by atoms with van der Waals surface area (Å²) in [6.07, 6.45) is 2.21. The molecule has 1 unspecified atom stereocenters. The quantitative estimate of drug-likeness (QED) is 0.744. The monoisotopic (exact) mass is 239 g/mol. The zero-order valence-electron chi connectivity index (χ0n) is 10.2. The number of hydrogen-bond acceptors (Lipinski definition) is 3. The van der Waals surface area contributed by atoms with E-state index in [0.29, 0.717) is 12.0 Å². The molecular formula is C12H21N3O2. The molecule has 2 amide bonds. The first-order chi connectivity index (χ1) is 8.34. The Kier molecular flexibility index (Phi) is 3.20. The van der Waals surface area contributed by atoms with Crippen LogP contribution in [-0.2, 0) is 4.74 Å². The van der Waals surface area contributed by atoms with Crippen molar-refractivity contribution in [2.24, 2.45) is 5.92 Å². The molecule has 0 aromatic rings. The number of nitrogens with zero attached hydrogens (tertiary/aromatic N) is 2. The molecule has 0 aromatic carbocycles. The number of ether oxygens (including phenoxy) is 1. The third-order valence-corrected chi connectivity index (χ3v) is 4.12. The number of hydrogen-bond donors (Lipinski definition) is 1. The molecule has 0 spiro atoms. The Balaban J connectivity index is 1.58. The van der Waals surface area contributed by atoms with Gasteiger partial charge >= 0.3 is 6.03 Å². The Morgan fingerprint density at radius 1 is 1.35 bits per heavy atom. The summed E-state index contributed by atoms with van der Waals surface area (Å²) in [5.41, 5.74) is 0. The zero-order chi connectivity index (χ0) is 11.7. The number of carbonyl (C=O) groups excluding carboxylic acids is 1. The van der Waals surface area contributed by atoms with Gasteiger partial charge in [0.2, 0.25) is 0 Å². The van der Waals surface area contributed by atoms with Crippen LogP contribution in [-0.4, -0.2) is 67.8 Å². The van der Waals surface area contributed by atoms with E-state index in [9.17, 15) is 4.79 Å². The highest BCUT2D eigenvalue weighted by molar-refractivity contribution is 5.77. The van der Waals surface area contributed by atoms with Crippen LogP contribution in [0.4, 0.5) is 4.79 Å². The maximum absolute atomic E-state index is 12.2. The maximum Gasteiger partial charge on any atom is 0.320 e. The van der Waals surface area contributed by atoms with Crippen molar-refractivity contribution >= 4 is 6.03 Å². The summed E-state index contributed by atoms with van der Waals surface area (Å²) in [6, 6.07) is 0.652. The fourth-order valence-electron chi connectivity index (χ4n) is 3.08. The molecule has 3 saturated heterocycles. The molecule has 3 rings (SSSR count). The normalized spacial score (nSPS) is 30.8. The number of urea groups is 1. The van der Waals surface area contributed by atoms with Gasteiger partial charge in [-0.1, -0.05) is 0 Å². The minimum atomic E-state index is 0.253. The van der Waals surface area contributed by atoms with Crippen molar-refractivity contribution in [2.45, 2.75) is 18.9 Å². The lowest BCUT2D eigenvalue weighted by Gasteiger charge is -2.28. The van der Waals surface area contributed by atoms with Crippen LogP contribution in [0.5, 0.6) is 0 Å². The predicted octanol–water partition coefficient (Wildman–Crippen LogP) is 0.122. The van der Waals surface area contributed by atoms with Crippen molar-refractivity contribution in [3.05, 3.63) is 0 Å². The smallest absolute Gasteiger partial charge is 0.320 e. The van der Waals surface area contributed by atoms with E-state index in [4.69, 9.17) is 4.74 Å². The summed E-state index contributed by atoms with van der Waals surface area (Å²) in [6.45, 7) is 6.32. The van der Waals surface area contributed by atoms with Gasteiger partial charge in [0.1, 0.15) is 0 Å². The third-order valence-electron chi connectivity index (χ3n) is 4.12. The second-order valence-electron chi connectivity index (χ2n) is 5.29. The molecule has 5 heteroatoms. The topological polar surface area (TPSA) is 44.8 Å². The summed E-state index contributed by atoms with van der Waals surface area (Å²) < 4.78 is 5.36. The van der Waals surface area contributed by atoms with Crippen LogP contribution >= 0.6 is 0 Å². The highest BCUT2D eigenvalue weighted by Crippen LogP contribution is 2.22. The maximum atomic E-state index is 12.2. The Bertz CT molecular complexity index is 291. The van der Waals surface area contributed by atoms with Crippen LogP contribution in [0.15, 0.2) is 0 Å². The van der Waals surface area contributed by atoms with Crippen molar-refractivity contribution in [1.29, 1.82) is 0 Å². The van der Waals surface area contributed by atoms with Gasteiger partial charge in [-0.3, -0.25) is 0 Å². The lowest BCUT2D eigenvalue weighted by atomic mass is 10.00. The molecule has 3 fully saturated rings. The second-order valence-corrected chi connectivity index (χ2v) is 5.29. The first-order valence-corrected chi connectivity index (χ1v) is 6.68. The van der Waals surface area contributed by atoms with E-state index in [1.165, 1.54) is 0 Å². The summed E-state index contributed by atoms with van der Waals surface area (Å²) in [5.74, 6) is 0.641.